The fourth-order valence-electron chi connectivity index (χ4n) is 1.93. The van der Waals surface area contributed by atoms with Gasteiger partial charge in [-0.1, -0.05) is 42.5 Å². The van der Waals surface area contributed by atoms with E-state index in [2.05, 4.69) is 12.1 Å². The topological polar surface area (TPSA) is 26.3 Å². The predicted octanol–water partition coefficient (Wildman–Crippen LogP) is 4.07. The van der Waals surface area contributed by atoms with Crippen LogP contribution < -0.4 is 4.74 Å². The highest BCUT2D eigenvalue weighted by Crippen LogP contribution is 2.22. The number of aldehydes is 1. The normalized spacial score (nSPS) is 11.2. The molecule has 0 unspecified atom stereocenters. The fraction of sp³-hybridized carbons (Fsp3) is 0.118. The molecule has 0 aliphatic rings. The van der Waals surface area contributed by atoms with Gasteiger partial charge >= 0.3 is 0 Å². The van der Waals surface area contributed by atoms with Crippen molar-refractivity contribution in [2.75, 3.05) is 7.11 Å². The Bertz CT molecular complexity index is 598. The number of benzene rings is 2. The van der Waals surface area contributed by atoms with Crippen molar-refractivity contribution in [3.63, 3.8) is 0 Å². The van der Waals surface area contributed by atoms with Gasteiger partial charge in [-0.3, -0.25) is 4.79 Å². The number of rotatable bonds is 4. The Kier molecular flexibility index (Phi) is 4.14. The first kappa shape index (κ1) is 13.1. The molecule has 0 saturated heterocycles. The van der Waals surface area contributed by atoms with Gasteiger partial charge in [0.2, 0.25) is 0 Å². The van der Waals surface area contributed by atoms with E-state index >= 15 is 0 Å². The summed E-state index contributed by atoms with van der Waals surface area (Å²) in [5.41, 5.74) is 3.80. The molecule has 96 valence electrons. The second kappa shape index (κ2) is 6.01. The maximum Gasteiger partial charge on any atom is 0.150 e. The van der Waals surface area contributed by atoms with E-state index in [0.29, 0.717) is 11.3 Å². The van der Waals surface area contributed by atoms with E-state index in [4.69, 9.17) is 4.74 Å². The van der Waals surface area contributed by atoms with Gasteiger partial charge in [0, 0.05) is 5.56 Å². The van der Waals surface area contributed by atoms with Gasteiger partial charge in [-0.2, -0.15) is 0 Å². The molecule has 0 amide bonds. The maximum absolute atomic E-state index is 11.1. The molecule has 0 saturated carbocycles. The summed E-state index contributed by atoms with van der Waals surface area (Å²) in [5.74, 6) is 0.691. The first-order valence-electron chi connectivity index (χ1n) is 6.11. The third-order valence-electron chi connectivity index (χ3n) is 3.02. The van der Waals surface area contributed by atoms with Crippen molar-refractivity contribution in [3.8, 4) is 5.75 Å². The van der Waals surface area contributed by atoms with E-state index in [9.17, 15) is 4.79 Å². The molecule has 0 aliphatic carbocycles. The van der Waals surface area contributed by atoms with Crippen molar-refractivity contribution in [3.05, 3.63) is 65.2 Å². The summed E-state index contributed by atoms with van der Waals surface area (Å²) in [6.45, 7) is 2.04. The van der Waals surface area contributed by atoms with Crippen LogP contribution in [0.25, 0.3) is 11.6 Å². The molecule has 0 atom stereocenters. The van der Waals surface area contributed by atoms with Crippen LogP contribution >= 0.6 is 0 Å². The highest BCUT2D eigenvalue weighted by atomic mass is 16.5. The molecule has 0 aliphatic heterocycles. The lowest BCUT2D eigenvalue weighted by Crippen LogP contribution is -1.90. The third-order valence-corrected chi connectivity index (χ3v) is 3.02. The largest absolute Gasteiger partial charge is 0.497 e. The molecule has 2 nitrogen and oxygen atoms in total. The molecule has 2 aromatic carbocycles. The zero-order valence-electron chi connectivity index (χ0n) is 11.1. The van der Waals surface area contributed by atoms with Crippen LogP contribution in [0.5, 0.6) is 5.75 Å². The van der Waals surface area contributed by atoms with Crippen molar-refractivity contribution >= 4 is 17.9 Å². The minimum atomic E-state index is 0.634. The van der Waals surface area contributed by atoms with Gasteiger partial charge in [0.25, 0.3) is 0 Å². The smallest absolute Gasteiger partial charge is 0.150 e. The van der Waals surface area contributed by atoms with Crippen LogP contribution in [0.3, 0.4) is 0 Å². The molecule has 2 heteroatoms. The standard InChI is InChI=1S/C17H16O2/c1-13(14-6-4-3-5-7-14)10-15-8-9-17(19-2)11-16(15)12-18/h3-12H,1-2H3/b13-10+. The molecule has 2 aromatic rings. The zero-order chi connectivity index (χ0) is 13.7. The summed E-state index contributed by atoms with van der Waals surface area (Å²) in [6, 6.07) is 15.6. The summed E-state index contributed by atoms with van der Waals surface area (Å²) in [7, 11) is 1.59. The van der Waals surface area contributed by atoms with Crippen LogP contribution in [-0.2, 0) is 0 Å². The highest BCUT2D eigenvalue weighted by Gasteiger charge is 2.03. The van der Waals surface area contributed by atoms with Crippen LogP contribution in [0.2, 0.25) is 0 Å². The number of hydrogen-bond acceptors (Lipinski definition) is 2. The van der Waals surface area contributed by atoms with Gasteiger partial charge in [-0.15, -0.1) is 0 Å². The Balaban J connectivity index is 2.40. The quantitative estimate of drug-likeness (QED) is 0.605. The molecule has 0 spiro atoms. The van der Waals surface area contributed by atoms with Crippen LogP contribution in [0.4, 0.5) is 0 Å². The van der Waals surface area contributed by atoms with Crippen molar-refractivity contribution in [1.82, 2.24) is 0 Å². The lowest BCUT2D eigenvalue weighted by Gasteiger charge is -2.06. The zero-order valence-corrected chi connectivity index (χ0v) is 11.1. The van der Waals surface area contributed by atoms with Crippen molar-refractivity contribution in [1.29, 1.82) is 0 Å². The molecule has 19 heavy (non-hydrogen) atoms. The summed E-state index contributed by atoms with van der Waals surface area (Å²) in [5, 5.41) is 0. The molecule has 0 N–H and O–H groups in total. The molecule has 0 aromatic heterocycles. The second-order valence-electron chi connectivity index (χ2n) is 4.31. The Hall–Kier alpha value is -2.35. The van der Waals surface area contributed by atoms with E-state index < -0.39 is 0 Å². The molecule has 0 fully saturated rings. The van der Waals surface area contributed by atoms with Gasteiger partial charge in [0.05, 0.1) is 7.11 Å². The average molecular weight is 252 g/mol. The van der Waals surface area contributed by atoms with Gasteiger partial charge in [-0.05, 0) is 35.8 Å². The number of carbonyl (C=O) groups is 1. The van der Waals surface area contributed by atoms with Crippen molar-refractivity contribution < 1.29 is 9.53 Å². The van der Waals surface area contributed by atoms with Gasteiger partial charge < -0.3 is 4.74 Å². The van der Waals surface area contributed by atoms with Crippen LogP contribution in [0.15, 0.2) is 48.5 Å². The summed E-state index contributed by atoms with van der Waals surface area (Å²) in [4.78, 5) is 11.1. The average Bonchev–Trinajstić information content (AvgIpc) is 2.48. The molecular formula is C17H16O2. The van der Waals surface area contributed by atoms with E-state index in [-0.39, 0.29) is 0 Å². The summed E-state index contributed by atoms with van der Waals surface area (Å²) >= 11 is 0. The molecule has 0 radical (unpaired) electrons. The lowest BCUT2D eigenvalue weighted by molar-refractivity contribution is 0.112. The van der Waals surface area contributed by atoms with E-state index in [0.717, 1.165) is 23.0 Å². The number of carbonyl (C=O) groups excluding carboxylic acids is 1. The van der Waals surface area contributed by atoms with Gasteiger partial charge in [0.15, 0.2) is 6.29 Å². The number of allylic oxidation sites excluding steroid dienone is 1. The van der Waals surface area contributed by atoms with E-state index in [1.807, 2.05) is 43.3 Å². The minimum absolute atomic E-state index is 0.634. The molecule has 0 bridgehead atoms. The van der Waals surface area contributed by atoms with Crippen molar-refractivity contribution in [2.24, 2.45) is 0 Å². The number of methoxy groups -OCH3 is 1. The van der Waals surface area contributed by atoms with Gasteiger partial charge in [-0.25, -0.2) is 0 Å². The first-order chi connectivity index (χ1) is 9.24. The predicted molar refractivity (Wildman–Crippen MR) is 78.4 cm³/mol. The Morgan fingerprint density at radius 1 is 1.05 bits per heavy atom. The Morgan fingerprint density at radius 3 is 2.42 bits per heavy atom. The first-order valence-corrected chi connectivity index (χ1v) is 6.11. The van der Waals surface area contributed by atoms with Crippen molar-refractivity contribution in [2.45, 2.75) is 6.92 Å². The summed E-state index contributed by atoms with van der Waals surface area (Å²) < 4.78 is 5.12. The monoisotopic (exact) mass is 252 g/mol. The van der Waals surface area contributed by atoms with Gasteiger partial charge in [0.1, 0.15) is 5.75 Å². The summed E-state index contributed by atoms with van der Waals surface area (Å²) in [6.07, 6.45) is 2.87. The molecule has 0 heterocycles. The van der Waals surface area contributed by atoms with Crippen LogP contribution in [0.1, 0.15) is 28.4 Å². The third kappa shape index (κ3) is 3.10. The highest BCUT2D eigenvalue weighted by molar-refractivity contribution is 5.88. The second-order valence-corrected chi connectivity index (χ2v) is 4.31. The lowest BCUT2D eigenvalue weighted by atomic mass is 10.0. The van der Waals surface area contributed by atoms with Crippen LogP contribution in [-0.4, -0.2) is 13.4 Å². The fourth-order valence-corrected chi connectivity index (χ4v) is 1.93. The van der Waals surface area contributed by atoms with E-state index in [1.54, 1.807) is 13.2 Å². The minimum Gasteiger partial charge on any atom is -0.497 e. The Labute approximate surface area is 113 Å². The SMILES string of the molecule is COc1ccc(/C=C(\C)c2ccccc2)c(C=O)c1. The van der Waals surface area contributed by atoms with E-state index in [1.165, 1.54) is 0 Å². The molecule has 2 rings (SSSR count). The molecular weight excluding hydrogens is 236 g/mol. The number of hydrogen-bond donors (Lipinski definition) is 0. The maximum atomic E-state index is 11.1. The number of ether oxygens (including phenoxy) is 1. The van der Waals surface area contributed by atoms with Crippen LogP contribution in [0, 0.1) is 0 Å². The Morgan fingerprint density at radius 2 is 1.79 bits per heavy atom.